The molecule has 2 aromatic carbocycles. The summed E-state index contributed by atoms with van der Waals surface area (Å²) in [5, 5.41) is 0. The second-order valence-electron chi connectivity index (χ2n) is 6.34. The lowest BCUT2D eigenvalue weighted by Gasteiger charge is -2.33. The van der Waals surface area contributed by atoms with E-state index in [9.17, 15) is 22.8 Å². The van der Waals surface area contributed by atoms with Crippen LogP contribution in [0, 0.1) is 17.5 Å². The summed E-state index contributed by atoms with van der Waals surface area (Å²) in [6.45, 7) is 0.896. The Bertz CT molecular complexity index is 920. The normalized spacial score (nSPS) is 13.9. The third-order valence-electron chi connectivity index (χ3n) is 4.49. The Labute approximate surface area is 164 Å². The topological polar surface area (TPSA) is 87.9 Å². The molecule has 3 N–H and O–H groups in total. The number of ether oxygens (including phenoxy) is 1. The van der Waals surface area contributed by atoms with Gasteiger partial charge in [-0.2, -0.15) is 0 Å². The van der Waals surface area contributed by atoms with Crippen molar-refractivity contribution in [3.63, 3.8) is 0 Å². The maximum absolute atomic E-state index is 14.5. The lowest BCUT2D eigenvalue weighted by molar-refractivity contribution is 0.0547. The van der Waals surface area contributed by atoms with Crippen LogP contribution in [0.15, 0.2) is 36.4 Å². The fourth-order valence-corrected chi connectivity index (χ4v) is 2.95. The molecule has 10 heteroatoms. The monoisotopic (exact) mass is 408 g/mol. The van der Waals surface area contributed by atoms with Gasteiger partial charge in [-0.3, -0.25) is 15.1 Å². The first-order valence-electron chi connectivity index (χ1n) is 8.79. The van der Waals surface area contributed by atoms with Gasteiger partial charge in [0.1, 0.15) is 17.5 Å². The molecule has 0 saturated carbocycles. The molecule has 0 atom stereocenters. The molecule has 1 heterocycles. The van der Waals surface area contributed by atoms with Crippen LogP contribution in [-0.2, 0) is 11.3 Å². The van der Waals surface area contributed by atoms with Crippen molar-refractivity contribution in [3.05, 3.63) is 65.0 Å². The van der Waals surface area contributed by atoms with E-state index in [4.69, 9.17) is 10.6 Å². The number of halogens is 3. The van der Waals surface area contributed by atoms with Crippen LogP contribution in [0.3, 0.4) is 0 Å². The summed E-state index contributed by atoms with van der Waals surface area (Å²) in [6, 6.07) is 5.83. The number of morpholine rings is 1. The van der Waals surface area contributed by atoms with E-state index in [0.29, 0.717) is 19.3 Å². The number of nitrogens with one attached hydrogen (secondary N) is 1. The van der Waals surface area contributed by atoms with Gasteiger partial charge in [0.15, 0.2) is 0 Å². The molecule has 2 aromatic rings. The molecule has 1 saturated heterocycles. The predicted octanol–water partition coefficient (Wildman–Crippen LogP) is 2.17. The van der Waals surface area contributed by atoms with Crippen molar-refractivity contribution in [3.8, 4) is 0 Å². The number of urea groups is 1. The zero-order valence-corrected chi connectivity index (χ0v) is 15.3. The van der Waals surface area contributed by atoms with E-state index in [0.717, 1.165) is 23.1 Å². The molecule has 29 heavy (non-hydrogen) atoms. The number of rotatable bonds is 4. The van der Waals surface area contributed by atoms with Crippen molar-refractivity contribution >= 4 is 17.6 Å². The average Bonchev–Trinajstić information content (AvgIpc) is 2.73. The van der Waals surface area contributed by atoms with Crippen LogP contribution in [0.1, 0.15) is 15.9 Å². The highest BCUT2D eigenvalue weighted by molar-refractivity contribution is 5.94. The SMILES string of the molecule is NNC(=O)c1ccc(CN(C(=O)N2CCOCC2)c2ccc(F)cc2F)c(F)c1. The largest absolute Gasteiger partial charge is 0.378 e. The Hall–Kier alpha value is -3.11. The number of benzene rings is 2. The zero-order chi connectivity index (χ0) is 21.0. The minimum Gasteiger partial charge on any atom is -0.378 e. The molecule has 3 amide bonds. The third kappa shape index (κ3) is 4.66. The Morgan fingerprint density at radius 2 is 1.79 bits per heavy atom. The molecular weight excluding hydrogens is 389 g/mol. The second kappa shape index (κ2) is 8.93. The molecule has 0 unspecified atom stereocenters. The summed E-state index contributed by atoms with van der Waals surface area (Å²) >= 11 is 0. The van der Waals surface area contributed by atoms with Crippen LogP contribution < -0.4 is 16.2 Å². The number of hydrogen-bond acceptors (Lipinski definition) is 4. The van der Waals surface area contributed by atoms with Gasteiger partial charge in [0.2, 0.25) is 0 Å². The number of nitrogens with zero attached hydrogens (tertiary/aromatic N) is 2. The summed E-state index contributed by atoms with van der Waals surface area (Å²) in [4.78, 5) is 27.0. The minimum absolute atomic E-state index is 0.00670. The summed E-state index contributed by atoms with van der Waals surface area (Å²) in [5.74, 6) is 1.84. The molecule has 1 aliphatic rings. The summed E-state index contributed by atoms with van der Waals surface area (Å²) in [6.07, 6.45) is 0. The van der Waals surface area contributed by atoms with Crippen LogP contribution in [0.4, 0.5) is 23.7 Å². The first kappa shape index (κ1) is 20.6. The number of nitrogens with two attached hydrogens (primary N) is 1. The van der Waals surface area contributed by atoms with Crippen molar-refractivity contribution in [1.29, 1.82) is 0 Å². The van der Waals surface area contributed by atoms with Crippen LogP contribution >= 0.6 is 0 Å². The van der Waals surface area contributed by atoms with E-state index >= 15 is 0 Å². The highest BCUT2D eigenvalue weighted by Gasteiger charge is 2.27. The molecular formula is C19H19F3N4O3. The number of nitrogen functional groups attached to an aromatic ring is 1. The van der Waals surface area contributed by atoms with Gasteiger partial charge in [0.25, 0.3) is 5.91 Å². The number of carbonyl (C=O) groups excluding carboxylic acids is 2. The number of hydrazine groups is 1. The summed E-state index contributed by atoms with van der Waals surface area (Å²) in [7, 11) is 0. The molecule has 0 aliphatic carbocycles. The van der Waals surface area contributed by atoms with Crippen molar-refractivity contribution in [2.45, 2.75) is 6.54 Å². The second-order valence-corrected chi connectivity index (χ2v) is 6.34. The van der Waals surface area contributed by atoms with E-state index < -0.39 is 29.4 Å². The highest BCUT2D eigenvalue weighted by atomic mass is 19.1. The highest BCUT2D eigenvalue weighted by Crippen LogP contribution is 2.25. The van der Waals surface area contributed by atoms with E-state index in [-0.39, 0.29) is 36.4 Å². The molecule has 0 bridgehead atoms. The first-order valence-corrected chi connectivity index (χ1v) is 8.79. The number of amides is 3. The van der Waals surface area contributed by atoms with Gasteiger partial charge in [-0.15, -0.1) is 0 Å². The fourth-order valence-electron chi connectivity index (χ4n) is 2.95. The maximum Gasteiger partial charge on any atom is 0.325 e. The molecule has 7 nitrogen and oxygen atoms in total. The number of carbonyl (C=O) groups is 2. The first-order chi connectivity index (χ1) is 13.9. The molecule has 0 spiro atoms. The van der Waals surface area contributed by atoms with Gasteiger partial charge in [0, 0.05) is 30.3 Å². The summed E-state index contributed by atoms with van der Waals surface area (Å²) in [5.41, 5.74) is 1.74. The molecule has 0 radical (unpaired) electrons. The van der Waals surface area contributed by atoms with Crippen molar-refractivity contribution in [2.24, 2.45) is 5.84 Å². The molecule has 1 aliphatic heterocycles. The predicted molar refractivity (Wildman–Crippen MR) is 98.4 cm³/mol. The Balaban J connectivity index is 1.94. The van der Waals surface area contributed by atoms with Crippen molar-refractivity contribution in [1.82, 2.24) is 10.3 Å². The van der Waals surface area contributed by atoms with E-state index in [1.54, 1.807) is 0 Å². The van der Waals surface area contributed by atoms with E-state index in [2.05, 4.69) is 0 Å². The van der Waals surface area contributed by atoms with Crippen LogP contribution in [0.25, 0.3) is 0 Å². The number of anilines is 1. The Kier molecular flexibility index (Phi) is 6.35. The van der Waals surface area contributed by atoms with E-state index in [1.807, 2.05) is 5.43 Å². The Morgan fingerprint density at radius 3 is 2.41 bits per heavy atom. The van der Waals surface area contributed by atoms with E-state index in [1.165, 1.54) is 17.0 Å². The fraction of sp³-hybridized carbons (Fsp3) is 0.263. The lowest BCUT2D eigenvalue weighted by atomic mass is 10.1. The summed E-state index contributed by atoms with van der Waals surface area (Å²) < 4.78 is 47.5. The molecule has 3 rings (SSSR count). The lowest BCUT2D eigenvalue weighted by Crippen LogP contribution is -2.48. The molecule has 0 aromatic heterocycles. The van der Waals surface area contributed by atoms with Crippen molar-refractivity contribution in [2.75, 3.05) is 31.2 Å². The van der Waals surface area contributed by atoms with Crippen LogP contribution in [-0.4, -0.2) is 43.1 Å². The van der Waals surface area contributed by atoms with Gasteiger partial charge in [-0.1, -0.05) is 6.07 Å². The van der Waals surface area contributed by atoms with Crippen LogP contribution in [0.5, 0.6) is 0 Å². The Morgan fingerprint density at radius 1 is 1.07 bits per heavy atom. The minimum atomic E-state index is -0.953. The van der Waals surface area contributed by atoms with Gasteiger partial charge >= 0.3 is 6.03 Å². The van der Waals surface area contributed by atoms with Gasteiger partial charge in [-0.05, 0) is 24.3 Å². The maximum atomic E-state index is 14.5. The third-order valence-corrected chi connectivity index (χ3v) is 4.49. The smallest absolute Gasteiger partial charge is 0.325 e. The molecule has 1 fully saturated rings. The number of hydrogen-bond donors (Lipinski definition) is 2. The van der Waals surface area contributed by atoms with Crippen molar-refractivity contribution < 1.29 is 27.5 Å². The van der Waals surface area contributed by atoms with Crippen LogP contribution in [0.2, 0.25) is 0 Å². The standard InChI is InChI=1S/C19H19F3N4O3/c20-14-3-4-17(16(22)10-14)26(19(28)25-5-7-29-8-6-25)11-13-2-1-12(9-15(13)21)18(27)24-23/h1-4,9-10H,5-8,11,23H2,(H,24,27). The molecule has 154 valence electrons. The quantitative estimate of drug-likeness (QED) is 0.461. The van der Waals surface area contributed by atoms with Gasteiger partial charge in [-0.25, -0.2) is 23.8 Å². The van der Waals surface area contributed by atoms with Gasteiger partial charge in [0.05, 0.1) is 25.4 Å². The van der Waals surface area contributed by atoms with Gasteiger partial charge < -0.3 is 9.64 Å². The average molecular weight is 408 g/mol. The zero-order valence-electron chi connectivity index (χ0n) is 15.3.